The van der Waals surface area contributed by atoms with E-state index in [0.29, 0.717) is 17.7 Å². The lowest BCUT2D eigenvalue weighted by atomic mass is 10.0. The summed E-state index contributed by atoms with van der Waals surface area (Å²) in [4.78, 5) is 12.7. The molecule has 0 atom stereocenters. The van der Waals surface area contributed by atoms with Crippen molar-refractivity contribution >= 4 is 11.9 Å². The fourth-order valence-electron chi connectivity index (χ4n) is 2.47. The Kier molecular flexibility index (Phi) is 4.82. The predicted octanol–water partition coefficient (Wildman–Crippen LogP) is 3.79. The third-order valence-corrected chi connectivity index (χ3v) is 3.70. The van der Waals surface area contributed by atoms with Crippen LogP contribution in [0.4, 0.5) is 0 Å². The monoisotopic (exact) mass is 306 g/mol. The first-order valence-corrected chi connectivity index (χ1v) is 7.21. The number of rotatable bonds is 5. The fourth-order valence-corrected chi connectivity index (χ4v) is 2.47. The Bertz CT molecular complexity index is 818. The number of carbonyl (C=O) groups excluding carboxylic acids is 1. The van der Waals surface area contributed by atoms with Gasteiger partial charge in [-0.1, -0.05) is 18.2 Å². The van der Waals surface area contributed by atoms with Gasteiger partial charge in [0.2, 0.25) is 5.78 Å². The minimum absolute atomic E-state index is 0.0644. The number of nitriles is 1. The van der Waals surface area contributed by atoms with Gasteiger partial charge >= 0.3 is 0 Å². The Morgan fingerprint density at radius 2 is 2.00 bits per heavy atom. The molecule has 0 amide bonds. The molecular weight excluding hydrogens is 288 g/mol. The second-order valence-electron chi connectivity index (χ2n) is 5.27. The van der Waals surface area contributed by atoms with Crippen molar-refractivity contribution in [3.05, 3.63) is 71.1 Å². The second kappa shape index (κ2) is 6.80. The number of carbonyl (C=O) groups is 1. The van der Waals surface area contributed by atoms with Crippen molar-refractivity contribution in [3.63, 3.8) is 0 Å². The van der Waals surface area contributed by atoms with Crippen LogP contribution in [0.1, 0.15) is 27.3 Å². The summed E-state index contributed by atoms with van der Waals surface area (Å²) in [5.74, 6) is -0.163. The number of phenolic OH excluding ortho intramolecular Hbond substituents is 1. The van der Waals surface area contributed by atoms with E-state index >= 15 is 0 Å². The third-order valence-electron chi connectivity index (χ3n) is 3.70. The molecule has 0 radical (unpaired) electrons. The number of phenols is 1. The van der Waals surface area contributed by atoms with Crippen molar-refractivity contribution in [3.8, 4) is 11.8 Å². The number of hydrogen-bond donors (Lipinski definition) is 1. The lowest BCUT2D eigenvalue weighted by Crippen LogP contribution is -2.05. The molecule has 1 aromatic heterocycles. The SMILES string of the molecule is C=CCn1c(C)cc(C(=O)C(C#N)=Cc2ccc(O)cc2)c1C. The summed E-state index contributed by atoms with van der Waals surface area (Å²) >= 11 is 0. The highest BCUT2D eigenvalue weighted by Gasteiger charge is 2.18. The number of aromatic hydroxyl groups is 1. The minimum atomic E-state index is -0.302. The van der Waals surface area contributed by atoms with E-state index in [4.69, 9.17) is 0 Å². The number of ketones is 1. The van der Waals surface area contributed by atoms with E-state index in [-0.39, 0.29) is 17.1 Å². The normalized spacial score (nSPS) is 11.1. The number of aryl methyl sites for hydroxylation is 1. The van der Waals surface area contributed by atoms with E-state index < -0.39 is 0 Å². The molecular formula is C19H18N2O2. The summed E-state index contributed by atoms with van der Waals surface area (Å²) in [6, 6.07) is 10.1. The molecule has 4 nitrogen and oxygen atoms in total. The molecule has 23 heavy (non-hydrogen) atoms. The van der Waals surface area contributed by atoms with Gasteiger partial charge in [-0.2, -0.15) is 5.26 Å². The van der Waals surface area contributed by atoms with Gasteiger partial charge in [-0.05, 0) is 43.7 Å². The Balaban J connectivity index is 2.41. The fraction of sp³-hybridized carbons (Fsp3) is 0.158. The molecule has 0 saturated heterocycles. The van der Waals surface area contributed by atoms with Gasteiger partial charge in [0.1, 0.15) is 17.4 Å². The van der Waals surface area contributed by atoms with E-state index in [1.165, 1.54) is 18.2 Å². The summed E-state index contributed by atoms with van der Waals surface area (Å²) in [6.07, 6.45) is 3.30. The maximum Gasteiger partial charge on any atom is 0.205 e. The molecule has 1 N–H and O–H groups in total. The molecule has 0 bridgehead atoms. The van der Waals surface area contributed by atoms with E-state index in [0.717, 1.165) is 11.4 Å². The van der Waals surface area contributed by atoms with Gasteiger partial charge in [0, 0.05) is 23.5 Å². The van der Waals surface area contributed by atoms with Crippen LogP contribution in [0.5, 0.6) is 5.75 Å². The first-order valence-electron chi connectivity index (χ1n) is 7.21. The van der Waals surface area contributed by atoms with Gasteiger partial charge in [0.15, 0.2) is 0 Å². The van der Waals surface area contributed by atoms with Crippen molar-refractivity contribution < 1.29 is 9.90 Å². The van der Waals surface area contributed by atoms with Crippen molar-refractivity contribution in [1.29, 1.82) is 5.26 Å². The molecule has 1 heterocycles. The first kappa shape index (κ1) is 16.3. The summed E-state index contributed by atoms with van der Waals surface area (Å²) in [5, 5.41) is 18.6. The van der Waals surface area contributed by atoms with E-state index in [2.05, 4.69) is 6.58 Å². The molecule has 0 aliphatic carbocycles. The van der Waals surface area contributed by atoms with Crippen LogP contribution in [0, 0.1) is 25.2 Å². The number of Topliss-reactive ketones (excluding diaryl/α,β-unsaturated/α-hetero) is 1. The minimum Gasteiger partial charge on any atom is -0.508 e. The highest BCUT2D eigenvalue weighted by molar-refractivity contribution is 6.14. The van der Waals surface area contributed by atoms with Crippen molar-refractivity contribution in [2.75, 3.05) is 0 Å². The number of hydrogen-bond acceptors (Lipinski definition) is 3. The zero-order valence-electron chi connectivity index (χ0n) is 13.2. The summed E-state index contributed by atoms with van der Waals surface area (Å²) in [7, 11) is 0. The van der Waals surface area contributed by atoms with Gasteiger partial charge < -0.3 is 9.67 Å². The zero-order chi connectivity index (χ0) is 17.0. The van der Waals surface area contributed by atoms with Crippen molar-refractivity contribution in [2.45, 2.75) is 20.4 Å². The smallest absolute Gasteiger partial charge is 0.205 e. The summed E-state index contributed by atoms with van der Waals surface area (Å²) in [5.41, 5.74) is 3.05. The third kappa shape index (κ3) is 3.41. The van der Waals surface area contributed by atoms with Crippen molar-refractivity contribution in [2.24, 2.45) is 0 Å². The van der Waals surface area contributed by atoms with E-state index in [1.807, 2.05) is 24.5 Å². The highest BCUT2D eigenvalue weighted by atomic mass is 16.3. The van der Waals surface area contributed by atoms with Crippen LogP contribution < -0.4 is 0 Å². The van der Waals surface area contributed by atoms with Gasteiger partial charge in [0.05, 0.1) is 0 Å². The molecule has 0 unspecified atom stereocenters. The second-order valence-corrected chi connectivity index (χ2v) is 5.27. The molecule has 116 valence electrons. The number of nitrogens with zero attached hydrogens (tertiary/aromatic N) is 2. The maximum absolute atomic E-state index is 12.7. The topological polar surface area (TPSA) is 66.0 Å². The largest absolute Gasteiger partial charge is 0.508 e. The quantitative estimate of drug-likeness (QED) is 0.395. The van der Waals surface area contributed by atoms with E-state index in [9.17, 15) is 15.2 Å². The van der Waals surface area contributed by atoms with Crippen LogP contribution in [-0.2, 0) is 6.54 Å². The number of allylic oxidation sites excluding steroid dienone is 2. The van der Waals surface area contributed by atoms with Crippen LogP contribution in [0.25, 0.3) is 6.08 Å². The predicted molar refractivity (Wildman–Crippen MR) is 90.1 cm³/mol. The Morgan fingerprint density at radius 1 is 1.35 bits per heavy atom. The molecule has 2 rings (SSSR count). The molecule has 0 saturated carbocycles. The Labute approximate surface area is 135 Å². The number of benzene rings is 1. The average molecular weight is 306 g/mol. The molecule has 0 aliphatic heterocycles. The van der Waals surface area contributed by atoms with E-state index in [1.54, 1.807) is 24.3 Å². The van der Waals surface area contributed by atoms with Crippen LogP contribution in [0.2, 0.25) is 0 Å². The Hall–Kier alpha value is -3.06. The standard InChI is InChI=1S/C19H18N2O2/c1-4-9-21-13(2)10-18(14(21)3)19(23)16(12-20)11-15-5-7-17(22)8-6-15/h4-8,10-11,22H,1,9H2,2-3H3. The summed E-state index contributed by atoms with van der Waals surface area (Å²) in [6.45, 7) is 8.12. The van der Waals surface area contributed by atoms with Crippen LogP contribution in [-0.4, -0.2) is 15.5 Å². The van der Waals surface area contributed by atoms with Crippen LogP contribution >= 0.6 is 0 Å². The average Bonchev–Trinajstić information content (AvgIpc) is 2.82. The molecule has 0 aliphatic rings. The van der Waals surface area contributed by atoms with Crippen molar-refractivity contribution in [1.82, 2.24) is 4.57 Å². The molecule has 1 aromatic carbocycles. The first-order chi connectivity index (χ1) is 11.0. The number of aromatic nitrogens is 1. The van der Waals surface area contributed by atoms with Crippen LogP contribution in [0.15, 0.2) is 48.6 Å². The van der Waals surface area contributed by atoms with Gasteiger partial charge in [0.25, 0.3) is 0 Å². The molecule has 2 aromatic rings. The molecule has 0 spiro atoms. The maximum atomic E-state index is 12.7. The molecule has 4 heteroatoms. The van der Waals surface area contributed by atoms with Gasteiger partial charge in [-0.15, -0.1) is 6.58 Å². The molecule has 0 fully saturated rings. The summed E-state index contributed by atoms with van der Waals surface area (Å²) < 4.78 is 1.98. The Morgan fingerprint density at radius 3 is 2.57 bits per heavy atom. The van der Waals surface area contributed by atoms with Gasteiger partial charge in [-0.25, -0.2) is 0 Å². The van der Waals surface area contributed by atoms with Gasteiger partial charge in [-0.3, -0.25) is 4.79 Å². The zero-order valence-corrected chi connectivity index (χ0v) is 13.2. The highest BCUT2D eigenvalue weighted by Crippen LogP contribution is 2.20. The van der Waals surface area contributed by atoms with Crippen LogP contribution in [0.3, 0.4) is 0 Å². The lowest BCUT2D eigenvalue weighted by molar-refractivity contribution is 0.103. The lowest BCUT2D eigenvalue weighted by Gasteiger charge is -2.06.